The lowest BCUT2D eigenvalue weighted by molar-refractivity contribution is -0.138. The largest absolute Gasteiger partial charge is 0.431 e. The predicted octanol–water partition coefficient (Wildman–Crippen LogP) is 1.89. The van der Waals surface area contributed by atoms with E-state index in [1.165, 1.54) is 32.9 Å². The normalized spacial score (nSPS) is 16.6. The highest BCUT2D eigenvalue weighted by Crippen LogP contribution is 2.16. The lowest BCUT2D eigenvalue weighted by Gasteiger charge is -2.09. The number of hydrogen-bond donors (Lipinski definition) is 0. The second kappa shape index (κ2) is 7.11. The minimum absolute atomic E-state index is 0.0616. The van der Waals surface area contributed by atoms with Gasteiger partial charge in [0.25, 0.3) is 0 Å². The molecular formula is C14H14O6. The molecule has 0 aromatic heterocycles. The van der Waals surface area contributed by atoms with Crippen molar-refractivity contribution in [3.63, 3.8) is 0 Å². The molecule has 1 rings (SSSR count). The Balaban J connectivity index is 3.09. The van der Waals surface area contributed by atoms with Gasteiger partial charge in [-0.05, 0) is 6.08 Å². The van der Waals surface area contributed by atoms with Crippen LogP contribution < -0.4 is 0 Å². The molecule has 0 unspecified atom stereocenters. The summed E-state index contributed by atoms with van der Waals surface area (Å²) in [7, 11) is 0. The number of hydrogen-bond acceptors (Lipinski definition) is 6. The van der Waals surface area contributed by atoms with Gasteiger partial charge in [-0.25, -0.2) is 0 Å². The summed E-state index contributed by atoms with van der Waals surface area (Å²) in [5.41, 5.74) is 2.65. The number of allylic oxidation sites excluding steroid dienone is 2. The Morgan fingerprint density at radius 1 is 1.00 bits per heavy atom. The molecule has 6 nitrogen and oxygen atoms in total. The molecule has 0 spiro atoms. The lowest BCUT2D eigenvalue weighted by atomic mass is 10.2. The van der Waals surface area contributed by atoms with Crippen molar-refractivity contribution in [3.05, 3.63) is 41.2 Å². The molecule has 106 valence electrons. The van der Waals surface area contributed by atoms with Gasteiger partial charge in [0.15, 0.2) is 5.76 Å². The molecule has 0 N–H and O–H groups in total. The van der Waals surface area contributed by atoms with Crippen LogP contribution in [0.15, 0.2) is 41.2 Å². The molecule has 0 amide bonds. The topological polar surface area (TPSA) is 78.9 Å². The first-order chi connectivity index (χ1) is 9.36. The Hall–Kier alpha value is -2.59. The Kier molecular flexibility index (Phi) is 5.50. The van der Waals surface area contributed by atoms with Gasteiger partial charge in [-0.3, -0.25) is 14.4 Å². The van der Waals surface area contributed by atoms with Crippen molar-refractivity contribution in [1.82, 2.24) is 0 Å². The second-order valence-corrected chi connectivity index (χ2v) is 3.86. The van der Waals surface area contributed by atoms with Crippen LogP contribution in [-0.2, 0) is 28.6 Å². The summed E-state index contributed by atoms with van der Waals surface area (Å²) in [6, 6.07) is 0. The fourth-order valence-corrected chi connectivity index (χ4v) is 1.36. The second-order valence-electron chi connectivity index (χ2n) is 3.86. The van der Waals surface area contributed by atoms with Gasteiger partial charge in [-0.1, -0.05) is 5.73 Å². The summed E-state index contributed by atoms with van der Waals surface area (Å²) < 4.78 is 14.8. The molecule has 20 heavy (non-hydrogen) atoms. The zero-order chi connectivity index (χ0) is 15.1. The third-order valence-corrected chi connectivity index (χ3v) is 1.94. The quantitative estimate of drug-likeness (QED) is 0.445. The van der Waals surface area contributed by atoms with Crippen LogP contribution in [0.5, 0.6) is 0 Å². The summed E-state index contributed by atoms with van der Waals surface area (Å²) in [6.45, 7) is 3.74. The molecular weight excluding hydrogens is 264 g/mol. The van der Waals surface area contributed by atoms with E-state index in [4.69, 9.17) is 14.2 Å². The Morgan fingerprint density at radius 3 is 2.15 bits per heavy atom. The first kappa shape index (κ1) is 15.5. The van der Waals surface area contributed by atoms with Gasteiger partial charge in [0.05, 0.1) is 0 Å². The van der Waals surface area contributed by atoms with Crippen molar-refractivity contribution < 1.29 is 28.6 Å². The summed E-state index contributed by atoms with van der Waals surface area (Å²) in [6.07, 6.45) is 4.49. The average molecular weight is 278 g/mol. The summed E-state index contributed by atoms with van der Waals surface area (Å²) in [4.78, 5) is 32.9. The predicted molar refractivity (Wildman–Crippen MR) is 67.7 cm³/mol. The van der Waals surface area contributed by atoms with Gasteiger partial charge in [-0.15, -0.1) is 0 Å². The average Bonchev–Trinajstić information content (AvgIpc) is 2.27. The van der Waals surface area contributed by atoms with Crippen LogP contribution >= 0.6 is 0 Å². The van der Waals surface area contributed by atoms with Crippen LogP contribution in [0, 0.1) is 0 Å². The molecule has 0 atom stereocenters. The van der Waals surface area contributed by atoms with E-state index in [0.717, 1.165) is 0 Å². The molecule has 0 aromatic carbocycles. The monoisotopic (exact) mass is 278 g/mol. The smallest absolute Gasteiger partial charge is 0.308 e. The van der Waals surface area contributed by atoms with E-state index >= 15 is 0 Å². The van der Waals surface area contributed by atoms with Gasteiger partial charge in [0, 0.05) is 39.3 Å². The van der Waals surface area contributed by atoms with E-state index in [-0.39, 0.29) is 23.7 Å². The number of esters is 3. The zero-order valence-corrected chi connectivity index (χ0v) is 11.4. The van der Waals surface area contributed by atoms with E-state index < -0.39 is 17.9 Å². The molecule has 6 heteroatoms. The van der Waals surface area contributed by atoms with Crippen molar-refractivity contribution in [1.29, 1.82) is 0 Å². The number of ether oxygens (including phenoxy) is 3. The van der Waals surface area contributed by atoms with Crippen molar-refractivity contribution >= 4 is 17.9 Å². The molecule has 0 fully saturated rings. The van der Waals surface area contributed by atoms with Gasteiger partial charge >= 0.3 is 17.9 Å². The summed E-state index contributed by atoms with van der Waals surface area (Å²) in [5, 5.41) is 0. The van der Waals surface area contributed by atoms with Crippen LogP contribution in [0.25, 0.3) is 0 Å². The van der Waals surface area contributed by atoms with Gasteiger partial charge in [0.2, 0.25) is 0 Å². The molecule has 1 aliphatic rings. The highest BCUT2D eigenvalue weighted by Gasteiger charge is 2.09. The SMILES string of the molecule is CC(=O)OC1=C=C/C(OC(C)=O)=C\CC(OC(C)=O)=C1. The highest BCUT2D eigenvalue weighted by atomic mass is 16.5. The zero-order valence-electron chi connectivity index (χ0n) is 11.4. The van der Waals surface area contributed by atoms with Gasteiger partial charge < -0.3 is 14.2 Å². The maximum absolute atomic E-state index is 11.0. The molecule has 1 aliphatic carbocycles. The van der Waals surface area contributed by atoms with Crippen LogP contribution in [-0.4, -0.2) is 17.9 Å². The Morgan fingerprint density at radius 2 is 1.60 bits per heavy atom. The Bertz CT molecular complexity index is 558. The van der Waals surface area contributed by atoms with E-state index in [9.17, 15) is 14.4 Å². The first-order valence-electron chi connectivity index (χ1n) is 5.79. The summed E-state index contributed by atoms with van der Waals surface area (Å²) >= 11 is 0. The fourth-order valence-electron chi connectivity index (χ4n) is 1.36. The van der Waals surface area contributed by atoms with Crippen LogP contribution in [0.3, 0.4) is 0 Å². The maximum Gasteiger partial charge on any atom is 0.308 e. The molecule has 0 saturated carbocycles. The van der Waals surface area contributed by atoms with Crippen molar-refractivity contribution in [2.24, 2.45) is 0 Å². The standard InChI is InChI=1S/C14H14O6/c1-9(15)18-12-4-6-13(19-10(2)16)8-14(7-5-12)20-11(3)17/h4-5,8H,6H2,1-3H3/b12-4+,13-8?. The van der Waals surface area contributed by atoms with Crippen molar-refractivity contribution in [3.8, 4) is 0 Å². The maximum atomic E-state index is 11.0. The van der Waals surface area contributed by atoms with Gasteiger partial charge in [0.1, 0.15) is 11.5 Å². The third kappa shape index (κ3) is 5.84. The lowest BCUT2D eigenvalue weighted by Crippen LogP contribution is -2.04. The molecule has 0 bridgehead atoms. The van der Waals surface area contributed by atoms with E-state index in [1.807, 2.05) is 0 Å². The molecule has 0 saturated heterocycles. The minimum Gasteiger partial charge on any atom is -0.431 e. The van der Waals surface area contributed by atoms with Crippen molar-refractivity contribution in [2.75, 3.05) is 0 Å². The summed E-state index contributed by atoms with van der Waals surface area (Å²) in [5.74, 6) is -1.02. The van der Waals surface area contributed by atoms with Crippen LogP contribution in [0.2, 0.25) is 0 Å². The van der Waals surface area contributed by atoms with Crippen LogP contribution in [0.1, 0.15) is 27.2 Å². The third-order valence-electron chi connectivity index (χ3n) is 1.94. The number of carbonyl (C=O) groups excluding carboxylic acids is 3. The minimum atomic E-state index is -0.544. The van der Waals surface area contributed by atoms with E-state index in [1.54, 1.807) is 6.08 Å². The molecule has 0 aromatic rings. The Labute approximate surface area is 116 Å². The highest BCUT2D eigenvalue weighted by molar-refractivity contribution is 5.69. The van der Waals surface area contributed by atoms with Crippen molar-refractivity contribution in [2.45, 2.75) is 27.2 Å². The van der Waals surface area contributed by atoms with Gasteiger partial charge in [-0.2, -0.15) is 0 Å². The molecule has 0 aliphatic heterocycles. The van der Waals surface area contributed by atoms with Crippen LogP contribution in [0.4, 0.5) is 0 Å². The molecule has 0 radical (unpaired) electrons. The fraction of sp³-hybridized carbons (Fsp3) is 0.286. The molecule has 0 heterocycles. The number of rotatable bonds is 3. The first-order valence-corrected chi connectivity index (χ1v) is 5.79. The van der Waals surface area contributed by atoms with E-state index in [0.29, 0.717) is 0 Å². The number of carbonyl (C=O) groups is 3. The van der Waals surface area contributed by atoms with E-state index in [2.05, 4.69) is 5.73 Å².